The lowest BCUT2D eigenvalue weighted by atomic mass is 10.1. The third-order valence-corrected chi connectivity index (χ3v) is 5.49. The fraction of sp³-hybridized carbons (Fsp3) is 0.263. The number of ether oxygens (including phenoxy) is 1. The van der Waals surface area contributed by atoms with Gasteiger partial charge in [-0.05, 0) is 31.2 Å². The van der Waals surface area contributed by atoms with Crippen molar-refractivity contribution in [1.29, 1.82) is 0 Å². The van der Waals surface area contributed by atoms with Gasteiger partial charge in [0.25, 0.3) is 5.91 Å². The van der Waals surface area contributed by atoms with Crippen LogP contribution in [0.4, 0.5) is 10.1 Å². The summed E-state index contributed by atoms with van der Waals surface area (Å²) in [6, 6.07) is 13.9. The molecule has 3 rings (SSSR count). The van der Waals surface area contributed by atoms with Crippen LogP contribution in [0.3, 0.4) is 0 Å². The number of carbonyl (C=O) groups excluding carboxylic acids is 2. The van der Waals surface area contributed by atoms with Crippen molar-refractivity contribution < 1.29 is 18.7 Å². The molecule has 2 atom stereocenters. The molecule has 0 spiro atoms. The molecule has 1 aliphatic carbocycles. The Hall–Kier alpha value is -2.11. The molecule has 1 N–H and O–H groups in total. The van der Waals surface area contributed by atoms with E-state index in [-0.39, 0.29) is 6.42 Å². The summed E-state index contributed by atoms with van der Waals surface area (Å²) in [7, 11) is 0. The monoisotopic (exact) mass is 395 g/mol. The third kappa shape index (κ3) is 3.69. The fourth-order valence-corrected chi connectivity index (χ4v) is 3.19. The van der Waals surface area contributed by atoms with Crippen LogP contribution in [0.5, 0.6) is 0 Å². The minimum Gasteiger partial charge on any atom is -0.447 e. The molecule has 1 aliphatic rings. The van der Waals surface area contributed by atoms with Crippen molar-refractivity contribution in [2.24, 2.45) is 5.41 Å². The maximum absolute atomic E-state index is 13.0. The molecule has 4 nitrogen and oxygen atoms in total. The van der Waals surface area contributed by atoms with E-state index in [1.807, 2.05) is 0 Å². The molecule has 2 aromatic rings. The van der Waals surface area contributed by atoms with E-state index in [9.17, 15) is 14.0 Å². The van der Waals surface area contributed by atoms with Gasteiger partial charge in [0.15, 0.2) is 0 Å². The zero-order valence-corrected chi connectivity index (χ0v) is 15.4. The van der Waals surface area contributed by atoms with Crippen molar-refractivity contribution in [2.75, 3.05) is 5.32 Å². The van der Waals surface area contributed by atoms with Crippen molar-refractivity contribution in [3.63, 3.8) is 0 Å². The SMILES string of the molecule is C[C@@]1(C(=O)O[C@H](C(=O)Nc2ccc(F)cc2)c2ccccc2)CC1(Cl)Cl. The molecule has 0 bridgehead atoms. The van der Waals surface area contributed by atoms with Gasteiger partial charge in [-0.15, -0.1) is 23.2 Å². The highest BCUT2D eigenvalue weighted by Gasteiger charge is 2.69. The van der Waals surface area contributed by atoms with Crippen LogP contribution in [0, 0.1) is 11.2 Å². The molecule has 0 aliphatic heterocycles. The molecular weight excluding hydrogens is 380 g/mol. The molecule has 0 heterocycles. The van der Waals surface area contributed by atoms with Crippen LogP contribution in [0.15, 0.2) is 54.6 Å². The van der Waals surface area contributed by atoms with Gasteiger partial charge in [0.1, 0.15) is 15.6 Å². The van der Waals surface area contributed by atoms with Crippen molar-refractivity contribution in [2.45, 2.75) is 23.8 Å². The Morgan fingerprint density at radius 2 is 1.69 bits per heavy atom. The lowest BCUT2D eigenvalue weighted by molar-refractivity contribution is -0.159. The second-order valence-corrected chi connectivity index (χ2v) is 7.89. The standard InChI is InChI=1S/C19H16Cl2FNO3/c1-18(11-19(18,20)21)17(25)26-15(12-5-3-2-4-6-12)16(24)23-14-9-7-13(22)8-10-14/h2-10,15H,11H2,1H3,(H,23,24)/t15-,18-/m0/s1. The Balaban J connectivity index is 1.81. The van der Waals surface area contributed by atoms with Crippen LogP contribution in [-0.4, -0.2) is 16.2 Å². The molecular formula is C19H16Cl2FNO3. The molecule has 1 amide bonds. The zero-order valence-electron chi connectivity index (χ0n) is 13.8. The van der Waals surface area contributed by atoms with E-state index >= 15 is 0 Å². The van der Waals surface area contributed by atoms with E-state index in [1.165, 1.54) is 24.3 Å². The van der Waals surface area contributed by atoms with Gasteiger partial charge in [-0.25, -0.2) is 4.39 Å². The van der Waals surface area contributed by atoms with E-state index in [0.29, 0.717) is 11.3 Å². The summed E-state index contributed by atoms with van der Waals surface area (Å²) >= 11 is 12.1. The Bertz CT molecular complexity index is 826. The van der Waals surface area contributed by atoms with Crippen molar-refractivity contribution in [3.8, 4) is 0 Å². The Kier molecular flexibility index (Phi) is 4.95. The normalized spacial score (nSPS) is 21.5. The summed E-state index contributed by atoms with van der Waals surface area (Å²) in [6.07, 6.45) is -0.932. The van der Waals surface area contributed by atoms with Gasteiger partial charge in [0.05, 0.1) is 0 Å². The molecule has 0 unspecified atom stereocenters. The number of rotatable bonds is 5. The van der Waals surface area contributed by atoms with E-state index in [4.69, 9.17) is 27.9 Å². The second-order valence-electron chi connectivity index (χ2n) is 6.41. The summed E-state index contributed by atoms with van der Waals surface area (Å²) < 4.78 is 17.3. The Morgan fingerprint density at radius 3 is 2.23 bits per heavy atom. The Labute approximate surface area is 160 Å². The average molecular weight is 396 g/mol. The number of nitrogens with one attached hydrogen (secondary N) is 1. The van der Waals surface area contributed by atoms with Crippen molar-refractivity contribution in [1.82, 2.24) is 0 Å². The second kappa shape index (κ2) is 6.89. The van der Waals surface area contributed by atoms with Crippen LogP contribution in [0.25, 0.3) is 0 Å². The van der Waals surface area contributed by atoms with Gasteiger partial charge in [0.2, 0.25) is 6.10 Å². The minimum absolute atomic E-state index is 0.253. The first kappa shape index (κ1) is 18.7. The van der Waals surface area contributed by atoms with Crippen molar-refractivity contribution in [3.05, 3.63) is 66.0 Å². The first-order valence-corrected chi connectivity index (χ1v) is 8.69. The number of carbonyl (C=O) groups is 2. The molecule has 0 aromatic heterocycles. The van der Waals surface area contributed by atoms with Crippen molar-refractivity contribution >= 4 is 40.8 Å². The number of alkyl halides is 2. The number of amides is 1. The summed E-state index contributed by atoms with van der Waals surface area (Å²) in [5, 5.41) is 2.62. The topological polar surface area (TPSA) is 55.4 Å². The highest BCUT2D eigenvalue weighted by molar-refractivity contribution is 6.53. The summed E-state index contributed by atoms with van der Waals surface area (Å²) in [6.45, 7) is 1.59. The quantitative estimate of drug-likeness (QED) is 0.592. The molecule has 0 radical (unpaired) electrons. The van der Waals surface area contributed by atoms with Crippen LogP contribution < -0.4 is 5.32 Å². The van der Waals surface area contributed by atoms with Crippen LogP contribution >= 0.6 is 23.2 Å². The number of hydrogen-bond donors (Lipinski definition) is 1. The first-order chi connectivity index (χ1) is 12.2. The number of esters is 1. The molecule has 7 heteroatoms. The van der Waals surface area contributed by atoms with Gasteiger partial charge in [0, 0.05) is 17.7 Å². The molecule has 0 saturated heterocycles. The molecule has 1 fully saturated rings. The number of halogens is 3. The van der Waals surface area contributed by atoms with Gasteiger partial charge in [-0.2, -0.15) is 0 Å². The summed E-state index contributed by atoms with van der Waals surface area (Å²) in [5.74, 6) is -1.63. The molecule has 136 valence electrons. The van der Waals surface area contributed by atoms with E-state index in [1.54, 1.807) is 37.3 Å². The molecule has 26 heavy (non-hydrogen) atoms. The summed E-state index contributed by atoms with van der Waals surface area (Å²) in [5.41, 5.74) is -0.172. The van der Waals surface area contributed by atoms with E-state index in [2.05, 4.69) is 5.32 Å². The van der Waals surface area contributed by atoms with Crippen LogP contribution in [-0.2, 0) is 14.3 Å². The predicted molar refractivity (Wildman–Crippen MR) is 97.5 cm³/mol. The van der Waals surface area contributed by atoms with Gasteiger partial charge in [-0.3, -0.25) is 9.59 Å². The lowest BCUT2D eigenvalue weighted by Gasteiger charge is -2.20. The van der Waals surface area contributed by atoms with Gasteiger partial charge >= 0.3 is 5.97 Å². The number of benzene rings is 2. The highest BCUT2D eigenvalue weighted by atomic mass is 35.5. The largest absolute Gasteiger partial charge is 0.447 e. The maximum Gasteiger partial charge on any atom is 0.316 e. The first-order valence-electron chi connectivity index (χ1n) is 7.93. The molecule has 1 saturated carbocycles. The van der Waals surface area contributed by atoms with Crippen LogP contribution in [0.1, 0.15) is 25.0 Å². The summed E-state index contributed by atoms with van der Waals surface area (Å²) in [4.78, 5) is 25.2. The van der Waals surface area contributed by atoms with Crippen LogP contribution in [0.2, 0.25) is 0 Å². The van der Waals surface area contributed by atoms with E-state index in [0.717, 1.165) is 0 Å². The maximum atomic E-state index is 13.0. The minimum atomic E-state index is -1.20. The zero-order chi connectivity index (χ0) is 18.9. The smallest absolute Gasteiger partial charge is 0.316 e. The van der Waals surface area contributed by atoms with Gasteiger partial charge < -0.3 is 10.1 Å². The number of anilines is 1. The number of hydrogen-bond acceptors (Lipinski definition) is 3. The highest BCUT2D eigenvalue weighted by Crippen LogP contribution is 2.64. The average Bonchev–Trinajstić information content (AvgIpc) is 3.14. The molecule has 2 aromatic carbocycles. The lowest BCUT2D eigenvalue weighted by Crippen LogP contribution is -2.30. The predicted octanol–water partition coefficient (Wildman–Crippen LogP) is 4.63. The van der Waals surface area contributed by atoms with Gasteiger partial charge in [-0.1, -0.05) is 30.3 Å². The third-order valence-electron chi connectivity index (χ3n) is 4.39. The fourth-order valence-electron chi connectivity index (χ4n) is 2.50. The Morgan fingerprint density at radius 1 is 1.12 bits per heavy atom. The van der Waals surface area contributed by atoms with E-state index < -0.39 is 33.5 Å².